The lowest BCUT2D eigenvalue weighted by Crippen LogP contribution is -2.23. The summed E-state index contributed by atoms with van der Waals surface area (Å²) in [5.74, 6) is -2.68. The molecule has 0 aliphatic carbocycles. The van der Waals surface area contributed by atoms with Gasteiger partial charge in [0, 0.05) is 12.6 Å². The molecule has 0 saturated heterocycles. The van der Waals surface area contributed by atoms with Gasteiger partial charge < -0.3 is 25.7 Å². The summed E-state index contributed by atoms with van der Waals surface area (Å²) in [6, 6.07) is 7.79. The average Bonchev–Trinajstić information content (AvgIpc) is 2.99. The molecule has 1 unspecified atom stereocenters. The van der Waals surface area contributed by atoms with E-state index in [2.05, 4.69) is 4.98 Å². The zero-order valence-corrected chi connectivity index (χ0v) is 14.0. The minimum absolute atomic E-state index is 0.122. The van der Waals surface area contributed by atoms with Crippen LogP contribution in [-0.4, -0.2) is 33.1 Å². The van der Waals surface area contributed by atoms with E-state index in [-0.39, 0.29) is 25.9 Å². The fourth-order valence-corrected chi connectivity index (χ4v) is 2.54. The smallest absolute Gasteiger partial charge is 0.327 e. The van der Waals surface area contributed by atoms with Crippen molar-refractivity contribution in [2.24, 2.45) is 5.73 Å². The van der Waals surface area contributed by atoms with Crippen LogP contribution in [0.2, 0.25) is 0 Å². The Hall–Kier alpha value is -3.13. The van der Waals surface area contributed by atoms with Gasteiger partial charge in [-0.2, -0.15) is 0 Å². The van der Waals surface area contributed by atoms with E-state index >= 15 is 0 Å². The number of aryl methyl sites for hydroxylation is 1. The lowest BCUT2D eigenvalue weighted by atomic mass is 10.0. The summed E-state index contributed by atoms with van der Waals surface area (Å²) in [6.07, 6.45) is 1.31. The van der Waals surface area contributed by atoms with Crippen LogP contribution in [0.5, 0.6) is 0 Å². The minimum Gasteiger partial charge on any atom is -0.481 e. The Morgan fingerprint density at radius 1 is 1.12 bits per heavy atom. The second-order valence-corrected chi connectivity index (χ2v) is 5.73. The summed E-state index contributed by atoms with van der Waals surface area (Å²) in [5.41, 5.74) is 7.90. The number of rotatable bonds is 9. The normalized spacial score (nSPS) is 11.7. The van der Waals surface area contributed by atoms with Gasteiger partial charge in [-0.05, 0) is 23.1 Å². The number of carbonyl (C=O) groups is 3. The molecule has 1 aromatic carbocycles. The SMILES string of the molecule is NC(C(=O)OCc1[nH]cc(CCC(=O)O)c1CC(=O)O)c1ccccc1. The molecule has 0 aliphatic heterocycles. The number of ether oxygens (including phenoxy) is 1. The van der Waals surface area contributed by atoms with E-state index in [1.807, 2.05) is 0 Å². The molecule has 8 nitrogen and oxygen atoms in total. The van der Waals surface area contributed by atoms with Gasteiger partial charge in [-0.25, -0.2) is 4.79 Å². The highest BCUT2D eigenvalue weighted by Crippen LogP contribution is 2.19. The van der Waals surface area contributed by atoms with E-state index in [0.717, 1.165) is 0 Å². The van der Waals surface area contributed by atoms with E-state index in [4.69, 9.17) is 20.7 Å². The van der Waals surface area contributed by atoms with Crippen molar-refractivity contribution in [3.05, 3.63) is 58.9 Å². The number of hydrogen-bond donors (Lipinski definition) is 4. The summed E-state index contributed by atoms with van der Waals surface area (Å²) >= 11 is 0. The predicted octanol–water partition coefficient (Wildman–Crippen LogP) is 1.40. The fourth-order valence-electron chi connectivity index (χ4n) is 2.54. The van der Waals surface area contributed by atoms with E-state index in [1.54, 1.807) is 36.5 Å². The average molecular weight is 360 g/mol. The van der Waals surface area contributed by atoms with Crippen molar-refractivity contribution < 1.29 is 29.3 Å². The molecule has 0 radical (unpaired) electrons. The van der Waals surface area contributed by atoms with Crippen LogP contribution in [0.1, 0.15) is 34.8 Å². The summed E-state index contributed by atoms with van der Waals surface area (Å²) in [4.78, 5) is 36.8. The van der Waals surface area contributed by atoms with Crippen molar-refractivity contribution in [3.63, 3.8) is 0 Å². The number of benzene rings is 1. The highest BCUT2D eigenvalue weighted by atomic mass is 16.5. The van der Waals surface area contributed by atoms with E-state index < -0.39 is 23.9 Å². The van der Waals surface area contributed by atoms with Gasteiger partial charge in [-0.1, -0.05) is 30.3 Å². The van der Waals surface area contributed by atoms with Gasteiger partial charge >= 0.3 is 17.9 Å². The molecule has 0 aliphatic rings. The number of nitrogens with one attached hydrogen (secondary N) is 1. The van der Waals surface area contributed by atoms with Crippen LogP contribution in [0, 0.1) is 0 Å². The molecule has 1 aromatic heterocycles. The highest BCUT2D eigenvalue weighted by molar-refractivity contribution is 5.77. The second kappa shape index (κ2) is 8.82. The molecule has 5 N–H and O–H groups in total. The Balaban J connectivity index is 2.07. The zero-order chi connectivity index (χ0) is 19.1. The summed E-state index contributed by atoms with van der Waals surface area (Å²) < 4.78 is 5.20. The van der Waals surface area contributed by atoms with Crippen molar-refractivity contribution in [1.82, 2.24) is 4.98 Å². The first-order chi connectivity index (χ1) is 12.4. The largest absolute Gasteiger partial charge is 0.481 e. The van der Waals surface area contributed by atoms with Crippen molar-refractivity contribution in [2.45, 2.75) is 31.9 Å². The second-order valence-electron chi connectivity index (χ2n) is 5.73. The first kappa shape index (κ1) is 19.2. The number of carboxylic acids is 2. The molecular weight excluding hydrogens is 340 g/mol. The Bertz CT molecular complexity index is 784. The van der Waals surface area contributed by atoms with Crippen LogP contribution >= 0.6 is 0 Å². The van der Waals surface area contributed by atoms with Crippen LogP contribution in [0.3, 0.4) is 0 Å². The van der Waals surface area contributed by atoms with Gasteiger partial charge in [0.25, 0.3) is 0 Å². The molecule has 0 bridgehead atoms. The van der Waals surface area contributed by atoms with Crippen molar-refractivity contribution in [2.75, 3.05) is 0 Å². The van der Waals surface area contributed by atoms with Gasteiger partial charge in [-0.15, -0.1) is 0 Å². The Morgan fingerprint density at radius 3 is 2.42 bits per heavy atom. The molecule has 2 aromatic rings. The lowest BCUT2D eigenvalue weighted by Gasteiger charge is -2.12. The molecule has 26 heavy (non-hydrogen) atoms. The van der Waals surface area contributed by atoms with Gasteiger partial charge in [0.15, 0.2) is 0 Å². The number of aliphatic carboxylic acids is 2. The summed E-state index contributed by atoms with van der Waals surface area (Å²) in [7, 11) is 0. The quantitative estimate of drug-likeness (QED) is 0.495. The first-order valence-corrected chi connectivity index (χ1v) is 7.97. The number of esters is 1. The molecule has 0 fully saturated rings. The zero-order valence-electron chi connectivity index (χ0n) is 14.0. The van der Waals surface area contributed by atoms with Crippen molar-refractivity contribution in [1.29, 1.82) is 0 Å². The highest BCUT2D eigenvalue weighted by Gasteiger charge is 2.20. The maximum atomic E-state index is 12.1. The van der Waals surface area contributed by atoms with Crippen LogP contribution in [0.25, 0.3) is 0 Å². The van der Waals surface area contributed by atoms with Crippen LogP contribution in [0.4, 0.5) is 0 Å². The molecule has 8 heteroatoms. The third-order valence-corrected chi connectivity index (χ3v) is 3.88. The van der Waals surface area contributed by atoms with Crippen LogP contribution < -0.4 is 5.73 Å². The lowest BCUT2D eigenvalue weighted by molar-refractivity contribution is -0.146. The number of nitrogens with two attached hydrogens (primary N) is 1. The number of H-pyrrole nitrogens is 1. The Labute approximate surface area is 149 Å². The molecule has 1 heterocycles. The van der Waals surface area contributed by atoms with Crippen LogP contribution in [-0.2, 0) is 38.6 Å². The summed E-state index contributed by atoms with van der Waals surface area (Å²) in [6.45, 7) is -0.172. The number of carboxylic acid groups (broad SMARTS) is 2. The first-order valence-electron chi connectivity index (χ1n) is 7.97. The summed E-state index contributed by atoms with van der Waals surface area (Å²) in [5, 5.41) is 17.9. The topological polar surface area (TPSA) is 143 Å². The monoisotopic (exact) mass is 360 g/mol. The molecule has 0 saturated carbocycles. The van der Waals surface area contributed by atoms with E-state index in [9.17, 15) is 14.4 Å². The molecule has 0 amide bonds. The number of carbonyl (C=O) groups excluding carboxylic acids is 1. The standard InChI is InChI=1S/C18H20N2O6/c19-17(11-4-2-1-3-5-11)18(25)26-10-14-13(8-16(23)24)12(9-20-14)6-7-15(21)22/h1-5,9,17,20H,6-8,10,19H2,(H,21,22)(H,23,24). The van der Waals surface area contributed by atoms with Crippen LogP contribution in [0.15, 0.2) is 36.5 Å². The maximum absolute atomic E-state index is 12.1. The molecule has 2 rings (SSSR count). The van der Waals surface area contributed by atoms with E-state index in [0.29, 0.717) is 22.4 Å². The number of aromatic amines is 1. The molecule has 0 spiro atoms. The molecule has 138 valence electrons. The van der Waals surface area contributed by atoms with E-state index in [1.165, 1.54) is 0 Å². The number of hydrogen-bond acceptors (Lipinski definition) is 5. The van der Waals surface area contributed by atoms with Gasteiger partial charge in [-0.3, -0.25) is 9.59 Å². The maximum Gasteiger partial charge on any atom is 0.327 e. The Morgan fingerprint density at radius 2 is 1.81 bits per heavy atom. The van der Waals surface area contributed by atoms with Gasteiger partial charge in [0.1, 0.15) is 12.6 Å². The third-order valence-electron chi connectivity index (χ3n) is 3.88. The predicted molar refractivity (Wildman–Crippen MR) is 91.3 cm³/mol. The van der Waals surface area contributed by atoms with Crippen molar-refractivity contribution in [3.8, 4) is 0 Å². The van der Waals surface area contributed by atoms with Gasteiger partial charge in [0.05, 0.1) is 12.1 Å². The van der Waals surface area contributed by atoms with Gasteiger partial charge in [0.2, 0.25) is 0 Å². The Kier molecular flexibility index (Phi) is 6.51. The van der Waals surface area contributed by atoms with Crippen molar-refractivity contribution >= 4 is 17.9 Å². The minimum atomic E-state index is -1.06. The number of aromatic nitrogens is 1. The molecular formula is C18H20N2O6. The fraction of sp³-hybridized carbons (Fsp3) is 0.278. The molecule has 1 atom stereocenters. The third kappa shape index (κ3) is 5.18.